The van der Waals surface area contributed by atoms with E-state index in [0.29, 0.717) is 12.7 Å². The predicted molar refractivity (Wildman–Crippen MR) is 177 cm³/mol. The zero-order chi connectivity index (χ0) is 30.2. The Morgan fingerprint density at radius 3 is 1.20 bits per heavy atom. The van der Waals surface area contributed by atoms with Crippen LogP contribution >= 0.6 is 0 Å². The minimum atomic E-state index is -0.167. The van der Waals surface area contributed by atoms with E-state index in [2.05, 4.69) is 55.4 Å². The maximum atomic E-state index is 9.64. The second-order valence-corrected chi connectivity index (χ2v) is 14.8. The monoisotopic (exact) mass is 569 g/mol. The van der Waals surface area contributed by atoms with Crippen molar-refractivity contribution >= 4 is 0 Å². The highest BCUT2D eigenvalue weighted by atomic mass is 16.7. The van der Waals surface area contributed by atoms with Crippen LogP contribution in [0.2, 0.25) is 0 Å². The number of ether oxygens (including phenoxy) is 2. The third kappa shape index (κ3) is 26.8. The van der Waals surface area contributed by atoms with Crippen molar-refractivity contribution in [2.24, 2.45) is 41.4 Å². The molecule has 0 fully saturated rings. The maximum absolute atomic E-state index is 9.64. The van der Waals surface area contributed by atoms with Crippen molar-refractivity contribution < 1.29 is 14.6 Å². The molecule has 0 aromatic rings. The summed E-state index contributed by atoms with van der Waals surface area (Å²) in [4.78, 5) is 0. The van der Waals surface area contributed by atoms with Gasteiger partial charge in [-0.15, -0.1) is 0 Å². The molecule has 8 unspecified atom stereocenters. The van der Waals surface area contributed by atoms with Crippen molar-refractivity contribution in [3.8, 4) is 0 Å². The van der Waals surface area contributed by atoms with Gasteiger partial charge in [-0.25, -0.2) is 0 Å². The van der Waals surface area contributed by atoms with Crippen molar-refractivity contribution in [1.82, 2.24) is 0 Å². The van der Waals surface area contributed by atoms with Gasteiger partial charge in [0.05, 0.1) is 6.10 Å². The van der Waals surface area contributed by atoms with Gasteiger partial charge in [-0.2, -0.15) is 0 Å². The average Bonchev–Trinajstić information content (AvgIpc) is 2.82. The lowest BCUT2D eigenvalue weighted by Crippen LogP contribution is -2.15. The van der Waals surface area contributed by atoms with E-state index < -0.39 is 0 Å². The zero-order valence-electron chi connectivity index (χ0n) is 29.0. The van der Waals surface area contributed by atoms with E-state index in [-0.39, 0.29) is 6.10 Å². The third-order valence-corrected chi connectivity index (χ3v) is 8.87. The van der Waals surface area contributed by atoms with E-state index in [1.807, 2.05) is 6.92 Å². The molecular formula is C37H76O3. The molecule has 0 aliphatic rings. The van der Waals surface area contributed by atoms with E-state index >= 15 is 0 Å². The van der Waals surface area contributed by atoms with Crippen LogP contribution in [0, 0.1) is 41.4 Å². The number of unbranched alkanes of at least 4 members (excludes halogenated alkanes) is 7. The number of rotatable bonds is 29. The Kier molecular flexibility index (Phi) is 26.4. The fourth-order valence-electron chi connectivity index (χ4n) is 7.45. The first kappa shape index (κ1) is 39.9. The molecule has 8 atom stereocenters. The molecule has 0 saturated heterocycles. The molecule has 0 saturated carbocycles. The van der Waals surface area contributed by atoms with E-state index in [1.54, 1.807) is 0 Å². The summed E-state index contributed by atoms with van der Waals surface area (Å²) in [5, 5.41) is 9.64. The molecule has 0 aliphatic heterocycles. The van der Waals surface area contributed by atoms with Crippen LogP contribution in [0.5, 0.6) is 0 Å². The maximum Gasteiger partial charge on any atom is 0.146 e. The molecule has 3 nitrogen and oxygen atoms in total. The molecule has 242 valence electrons. The second-order valence-electron chi connectivity index (χ2n) is 14.8. The van der Waals surface area contributed by atoms with Crippen LogP contribution in [-0.2, 0) is 9.47 Å². The van der Waals surface area contributed by atoms with Gasteiger partial charge in [-0.3, -0.25) is 0 Å². The van der Waals surface area contributed by atoms with Crippen LogP contribution in [0.3, 0.4) is 0 Å². The highest BCUT2D eigenvalue weighted by Crippen LogP contribution is 2.30. The van der Waals surface area contributed by atoms with Gasteiger partial charge in [-0.1, -0.05) is 100 Å². The summed E-state index contributed by atoms with van der Waals surface area (Å²) in [7, 11) is 0. The summed E-state index contributed by atoms with van der Waals surface area (Å²) >= 11 is 0. The zero-order valence-corrected chi connectivity index (χ0v) is 29.0. The topological polar surface area (TPSA) is 38.7 Å². The fourth-order valence-corrected chi connectivity index (χ4v) is 7.45. The summed E-state index contributed by atoms with van der Waals surface area (Å²) in [6.07, 6.45) is 21.9. The van der Waals surface area contributed by atoms with E-state index in [0.717, 1.165) is 61.6 Å². The Bertz CT molecular complexity index is 522. The standard InChI is InChI=1S/C37H76O3/c1-10-11-12-13-14-15-16-17-20-39-29-40-21-18-19-30(2)22-31(3)23-32(4)24-33(5)25-34(6)26-35(7)27-36(8)28-37(9)38/h30-38H,10-29H2,1-9H3. The molecule has 0 radical (unpaired) electrons. The molecule has 0 amide bonds. The van der Waals surface area contributed by atoms with Crippen molar-refractivity contribution in [3.63, 3.8) is 0 Å². The van der Waals surface area contributed by atoms with Gasteiger partial charge in [0.1, 0.15) is 6.79 Å². The Hall–Kier alpha value is -0.120. The van der Waals surface area contributed by atoms with Crippen molar-refractivity contribution in [2.75, 3.05) is 20.0 Å². The lowest BCUT2D eigenvalue weighted by Gasteiger charge is -2.26. The second kappa shape index (κ2) is 26.5. The van der Waals surface area contributed by atoms with Crippen LogP contribution in [0.1, 0.15) is 171 Å². The molecule has 0 aliphatic carbocycles. The summed E-state index contributed by atoms with van der Waals surface area (Å²) in [5.74, 6) is 5.39. The van der Waals surface area contributed by atoms with Crippen LogP contribution in [0.15, 0.2) is 0 Å². The van der Waals surface area contributed by atoms with Crippen molar-refractivity contribution in [2.45, 2.75) is 178 Å². The van der Waals surface area contributed by atoms with Gasteiger partial charge in [0.2, 0.25) is 0 Å². The van der Waals surface area contributed by atoms with E-state index in [4.69, 9.17) is 9.47 Å². The van der Waals surface area contributed by atoms with Crippen LogP contribution in [0.25, 0.3) is 0 Å². The molecule has 0 aromatic carbocycles. The van der Waals surface area contributed by atoms with Crippen molar-refractivity contribution in [1.29, 1.82) is 0 Å². The lowest BCUT2D eigenvalue weighted by atomic mass is 9.80. The summed E-state index contributed by atoms with van der Waals surface area (Å²) in [6.45, 7) is 23.3. The minimum absolute atomic E-state index is 0.167. The number of aliphatic hydroxyl groups is 1. The Labute approximate surface area is 253 Å². The largest absolute Gasteiger partial charge is 0.393 e. The summed E-state index contributed by atoms with van der Waals surface area (Å²) < 4.78 is 11.4. The SMILES string of the molecule is CCCCCCCCCCOCOCCCC(C)CC(C)CC(C)CC(C)CC(C)CC(C)CC(C)CC(C)O. The summed E-state index contributed by atoms with van der Waals surface area (Å²) in [6, 6.07) is 0. The van der Waals surface area contributed by atoms with Crippen molar-refractivity contribution in [3.05, 3.63) is 0 Å². The van der Waals surface area contributed by atoms with Gasteiger partial charge >= 0.3 is 0 Å². The van der Waals surface area contributed by atoms with E-state index in [1.165, 1.54) is 96.3 Å². The normalized spacial score (nSPS) is 18.1. The molecule has 0 spiro atoms. The molecule has 40 heavy (non-hydrogen) atoms. The Morgan fingerprint density at radius 2 is 0.775 bits per heavy atom. The minimum Gasteiger partial charge on any atom is -0.393 e. The first-order valence-corrected chi connectivity index (χ1v) is 17.9. The highest BCUT2D eigenvalue weighted by Gasteiger charge is 2.19. The van der Waals surface area contributed by atoms with Gasteiger partial charge in [0.15, 0.2) is 0 Å². The molecule has 3 heteroatoms. The van der Waals surface area contributed by atoms with Gasteiger partial charge in [0, 0.05) is 13.2 Å². The fraction of sp³-hybridized carbons (Fsp3) is 1.00. The predicted octanol–water partition coefficient (Wildman–Crippen LogP) is 11.5. The van der Waals surface area contributed by atoms with E-state index in [9.17, 15) is 5.11 Å². The Balaban J connectivity index is 3.79. The summed E-state index contributed by atoms with van der Waals surface area (Å²) in [5.41, 5.74) is 0. The average molecular weight is 569 g/mol. The van der Waals surface area contributed by atoms with Crippen LogP contribution in [0.4, 0.5) is 0 Å². The molecule has 0 heterocycles. The molecule has 0 rings (SSSR count). The smallest absolute Gasteiger partial charge is 0.146 e. The van der Waals surface area contributed by atoms with Crippen LogP contribution in [-0.4, -0.2) is 31.2 Å². The molecule has 0 aromatic heterocycles. The van der Waals surface area contributed by atoms with Gasteiger partial charge < -0.3 is 14.6 Å². The third-order valence-electron chi connectivity index (χ3n) is 8.87. The number of aliphatic hydroxyl groups excluding tert-OH is 1. The lowest BCUT2D eigenvalue weighted by molar-refractivity contribution is -0.0561. The quantitative estimate of drug-likeness (QED) is 0.0720. The van der Waals surface area contributed by atoms with Gasteiger partial charge in [0.25, 0.3) is 0 Å². The van der Waals surface area contributed by atoms with Crippen LogP contribution < -0.4 is 0 Å². The molecular weight excluding hydrogens is 492 g/mol. The molecule has 0 bridgehead atoms. The number of hydrogen-bond acceptors (Lipinski definition) is 3. The molecule has 1 N–H and O–H groups in total. The van der Waals surface area contributed by atoms with Gasteiger partial charge in [-0.05, 0) is 113 Å². The first-order valence-electron chi connectivity index (χ1n) is 17.9. The highest BCUT2D eigenvalue weighted by molar-refractivity contribution is 4.70. The Morgan fingerprint density at radius 1 is 0.425 bits per heavy atom. The first-order chi connectivity index (χ1) is 19.0. The number of hydrogen-bond donors (Lipinski definition) is 1.